The number of benzene rings is 1. The SMILES string of the molecule is COCCNC(=S)N/N=C\c1ccc(Cl)c([N+](=O)[O-])c1. The minimum atomic E-state index is -0.552. The lowest BCUT2D eigenvalue weighted by molar-refractivity contribution is -0.384. The number of methoxy groups -OCH3 is 1. The molecule has 108 valence electrons. The second-order valence-corrected chi connectivity index (χ2v) is 4.40. The molecule has 0 unspecified atom stereocenters. The lowest BCUT2D eigenvalue weighted by Crippen LogP contribution is -2.34. The molecule has 0 amide bonds. The second kappa shape index (κ2) is 8.41. The lowest BCUT2D eigenvalue weighted by atomic mass is 10.2. The molecule has 0 saturated carbocycles. The molecule has 0 heterocycles. The molecule has 7 nitrogen and oxygen atoms in total. The summed E-state index contributed by atoms with van der Waals surface area (Å²) >= 11 is 10.7. The van der Waals surface area contributed by atoms with Crippen molar-refractivity contribution in [3.05, 3.63) is 38.9 Å². The van der Waals surface area contributed by atoms with Gasteiger partial charge in [-0.3, -0.25) is 15.5 Å². The van der Waals surface area contributed by atoms with Gasteiger partial charge in [-0.15, -0.1) is 0 Å². The van der Waals surface area contributed by atoms with Crippen molar-refractivity contribution in [2.45, 2.75) is 0 Å². The van der Waals surface area contributed by atoms with E-state index >= 15 is 0 Å². The van der Waals surface area contributed by atoms with E-state index in [-0.39, 0.29) is 10.7 Å². The summed E-state index contributed by atoms with van der Waals surface area (Å²) in [6, 6.07) is 4.38. The quantitative estimate of drug-likeness (QED) is 0.273. The van der Waals surface area contributed by atoms with Gasteiger partial charge in [0.05, 0.1) is 17.7 Å². The third kappa shape index (κ3) is 5.47. The molecule has 0 aliphatic rings. The van der Waals surface area contributed by atoms with Gasteiger partial charge in [-0.05, 0) is 18.3 Å². The number of nitro groups is 1. The maximum atomic E-state index is 10.7. The highest BCUT2D eigenvalue weighted by Crippen LogP contribution is 2.24. The Morgan fingerprint density at radius 1 is 1.65 bits per heavy atom. The van der Waals surface area contributed by atoms with E-state index in [9.17, 15) is 10.1 Å². The van der Waals surface area contributed by atoms with Crippen LogP contribution >= 0.6 is 23.8 Å². The van der Waals surface area contributed by atoms with E-state index in [1.54, 1.807) is 13.2 Å². The standard InChI is InChI=1S/C11H13ClN4O3S/c1-19-5-4-13-11(20)15-14-7-8-2-3-9(12)10(6-8)16(17)18/h2-3,6-7H,4-5H2,1H3,(H2,13,15,20)/b14-7-. The monoisotopic (exact) mass is 316 g/mol. The number of halogens is 1. The maximum absolute atomic E-state index is 10.7. The average molecular weight is 317 g/mol. The highest BCUT2D eigenvalue weighted by molar-refractivity contribution is 7.80. The summed E-state index contributed by atoms with van der Waals surface area (Å²) in [6.07, 6.45) is 1.41. The molecule has 1 aromatic rings. The first kappa shape index (κ1) is 16.3. The zero-order chi connectivity index (χ0) is 15.0. The van der Waals surface area contributed by atoms with Gasteiger partial charge in [0.2, 0.25) is 0 Å². The predicted octanol–water partition coefficient (Wildman–Crippen LogP) is 1.69. The first-order valence-electron chi connectivity index (χ1n) is 5.54. The van der Waals surface area contributed by atoms with Crippen LogP contribution in [0.4, 0.5) is 5.69 Å². The fraction of sp³-hybridized carbons (Fsp3) is 0.273. The molecular formula is C11H13ClN4O3S. The fourth-order valence-electron chi connectivity index (χ4n) is 1.22. The Hall–Kier alpha value is -1.77. The van der Waals surface area contributed by atoms with Crippen LogP contribution < -0.4 is 10.7 Å². The highest BCUT2D eigenvalue weighted by atomic mass is 35.5. The van der Waals surface area contributed by atoms with Gasteiger partial charge in [-0.2, -0.15) is 5.10 Å². The zero-order valence-corrected chi connectivity index (χ0v) is 12.2. The number of hydrogen-bond acceptors (Lipinski definition) is 5. The Morgan fingerprint density at radius 3 is 3.05 bits per heavy atom. The average Bonchev–Trinajstić information content (AvgIpc) is 2.40. The molecule has 0 fully saturated rings. The van der Waals surface area contributed by atoms with Gasteiger partial charge in [0.25, 0.3) is 5.69 Å². The molecule has 2 N–H and O–H groups in total. The van der Waals surface area contributed by atoms with Crippen LogP contribution in [0.3, 0.4) is 0 Å². The maximum Gasteiger partial charge on any atom is 0.288 e. The molecule has 1 aromatic carbocycles. The van der Waals surface area contributed by atoms with Crippen molar-refractivity contribution in [1.82, 2.24) is 10.7 Å². The Kier molecular flexibility index (Phi) is 6.85. The van der Waals surface area contributed by atoms with Crippen LogP contribution in [0.1, 0.15) is 5.56 Å². The summed E-state index contributed by atoms with van der Waals surface area (Å²) in [5, 5.41) is 17.9. The van der Waals surface area contributed by atoms with Crippen LogP contribution in [-0.4, -0.2) is 36.5 Å². The number of ether oxygens (including phenoxy) is 1. The number of hydrogen-bond donors (Lipinski definition) is 2. The van der Waals surface area contributed by atoms with Gasteiger partial charge in [0.1, 0.15) is 5.02 Å². The summed E-state index contributed by atoms with van der Waals surface area (Å²) in [6.45, 7) is 1.08. The Bertz CT molecular complexity index is 524. The third-order valence-electron chi connectivity index (χ3n) is 2.14. The van der Waals surface area contributed by atoms with Crippen LogP contribution in [-0.2, 0) is 4.74 Å². The third-order valence-corrected chi connectivity index (χ3v) is 2.69. The number of thiocarbonyl (C=S) groups is 1. The van der Waals surface area contributed by atoms with Crippen molar-refractivity contribution in [2.24, 2.45) is 5.10 Å². The van der Waals surface area contributed by atoms with Crippen molar-refractivity contribution in [1.29, 1.82) is 0 Å². The summed E-state index contributed by atoms with van der Waals surface area (Å²) in [7, 11) is 1.59. The summed E-state index contributed by atoms with van der Waals surface area (Å²) < 4.78 is 4.85. The summed E-state index contributed by atoms with van der Waals surface area (Å²) in [5.41, 5.74) is 2.95. The summed E-state index contributed by atoms with van der Waals surface area (Å²) in [4.78, 5) is 10.2. The molecule has 0 radical (unpaired) electrons. The van der Waals surface area contributed by atoms with Crippen LogP contribution in [0.2, 0.25) is 5.02 Å². The number of nitrogens with zero attached hydrogens (tertiary/aromatic N) is 2. The number of rotatable bonds is 6. The first-order chi connectivity index (χ1) is 9.54. The van der Waals surface area contributed by atoms with E-state index in [0.717, 1.165) is 0 Å². The molecule has 1 rings (SSSR count). The zero-order valence-electron chi connectivity index (χ0n) is 10.6. The fourth-order valence-corrected chi connectivity index (χ4v) is 1.56. The molecule has 9 heteroatoms. The molecule has 0 saturated heterocycles. The van der Waals surface area contributed by atoms with Crippen molar-refractivity contribution in [3.8, 4) is 0 Å². The largest absolute Gasteiger partial charge is 0.383 e. The molecule has 0 aromatic heterocycles. The van der Waals surface area contributed by atoms with Gasteiger partial charge in [0, 0.05) is 25.3 Å². The molecule has 20 heavy (non-hydrogen) atoms. The molecule has 0 aliphatic heterocycles. The van der Waals surface area contributed by atoms with Gasteiger partial charge in [-0.25, -0.2) is 0 Å². The smallest absolute Gasteiger partial charge is 0.288 e. The van der Waals surface area contributed by atoms with E-state index in [1.165, 1.54) is 18.3 Å². The van der Waals surface area contributed by atoms with E-state index in [0.29, 0.717) is 23.8 Å². The predicted molar refractivity (Wildman–Crippen MR) is 81.3 cm³/mol. The number of hydrazone groups is 1. The first-order valence-corrected chi connectivity index (χ1v) is 6.33. The molecule has 0 aliphatic carbocycles. The van der Waals surface area contributed by atoms with Crippen LogP contribution in [0.15, 0.2) is 23.3 Å². The Morgan fingerprint density at radius 2 is 2.40 bits per heavy atom. The van der Waals surface area contributed by atoms with Crippen molar-refractivity contribution in [2.75, 3.05) is 20.3 Å². The van der Waals surface area contributed by atoms with Crippen LogP contribution in [0.25, 0.3) is 0 Å². The topological polar surface area (TPSA) is 88.8 Å². The molecule has 0 atom stereocenters. The lowest BCUT2D eigenvalue weighted by Gasteiger charge is -2.05. The van der Waals surface area contributed by atoms with E-state index < -0.39 is 4.92 Å². The van der Waals surface area contributed by atoms with Gasteiger partial charge in [0.15, 0.2) is 5.11 Å². The van der Waals surface area contributed by atoms with Crippen molar-refractivity contribution in [3.63, 3.8) is 0 Å². The van der Waals surface area contributed by atoms with Crippen molar-refractivity contribution >= 4 is 40.8 Å². The molecular weight excluding hydrogens is 304 g/mol. The summed E-state index contributed by atoms with van der Waals surface area (Å²) in [5.74, 6) is 0. The number of nitrogens with one attached hydrogen (secondary N) is 2. The minimum absolute atomic E-state index is 0.0804. The van der Waals surface area contributed by atoms with Crippen LogP contribution in [0.5, 0.6) is 0 Å². The van der Waals surface area contributed by atoms with E-state index in [1.807, 2.05) is 0 Å². The second-order valence-electron chi connectivity index (χ2n) is 3.59. The normalized spacial score (nSPS) is 10.5. The van der Waals surface area contributed by atoms with Gasteiger partial charge < -0.3 is 10.1 Å². The Labute approximate surface area is 126 Å². The van der Waals surface area contributed by atoms with Crippen molar-refractivity contribution < 1.29 is 9.66 Å². The Balaban J connectivity index is 2.56. The van der Waals surface area contributed by atoms with Gasteiger partial charge >= 0.3 is 0 Å². The number of nitro benzene ring substituents is 1. The van der Waals surface area contributed by atoms with E-state index in [2.05, 4.69) is 15.8 Å². The van der Waals surface area contributed by atoms with Gasteiger partial charge in [-0.1, -0.05) is 17.7 Å². The van der Waals surface area contributed by atoms with Crippen LogP contribution in [0, 0.1) is 10.1 Å². The molecule has 0 bridgehead atoms. The highest BCUT2D eigenvalue weighted by Gasteiger charge is 2.11. The van der Waals surface area contributed by atoms with E-state index in [4.69, 9.17) is 28.6 Å². The molecule has 0 spiro atoms. The minimum Gasteiger partial charge on any atom is -0.383 e.